The molecule has 1 fully saturated rings. The van der Waals surface area contributed by atoms with Gasteiger partial charge in [-0.25, -0.2) is 0 Å². The molecule has 0 radical (unpaired) electrons. The zero-order valence-electron chi connectivity index (χ0n) is 14.5. The summed E-state index contributed by atoms with van der Waals surface area (Å²) < 4.78 is 16.6. The second-order valence-corrected chi connectivity index (χ2v) is 7.01. The molecule has 1 unspecified atom stereocenters. The first-order valence-corrected chi connectivity index (χ1v) is 8.44. The quantitative estimate of drug-likeness (QED) is 0.842. The smallest absolute Gasteiger partial charge is 0.258 e. The number of carbonyl (C=O) groups is 2. The molecule has 0 bridgehead atoms. The average Bonchev–Trinajstić information content (AvgIpc) is 3.02. The van der Waals surface area contributed by atoms with Crippen molar-refractivity contribution in [2.75, 3.05) is 19.8 Å². The van der Waals surface area contributed by atoms with E-state index in [1.807, 2.05) is 0 Å². The molecule has 0 saturated carbocycles. The van der Waals surface area contributed by atoms with Gasteiger partial charge in [-0.15, -0.1) is 0 Å². The Morgan fingerprint density at radius 3 is 2.96 bits per heavy atom. The van der Waals surface area contributed by atoms with Crippen molar-refractivity contribution in [2.45, 2.75) is 44.8 Å². The third kappa shape index (κ3) is 4.22. The molecule has 0 aromatic heterocycles. The van der Waals surface area contributed by atoms with Gasteiger partial charge in [0.2, 0.25) is 0 Å². The molecule has 1 amide bonds. The van der Waals surface area contributed by atoms with Crippen molar-refractivity contribution < 1.29 is 28.9 Å². The van der Waals surface area contributed by atoms with Crippen molar-refractivity contribution in [2.24, 2.45) is 0 Å². The van der Waals surface area contributed by atoms with Gasteiger partial charge in [-0.3, -0.25) is 9.59 Å². The molecule has 0 spiro atoms. The summed E-state index contributed by atoms with van der Waals surface area (Å²) in [6.45, 7) is 4.61. The van der Waals surface area contributed by atoms with Crippen LogP contribution in [0.4, 0.5) is 0 Å². The molecule has 2 aliphatic heterocycles. The van der Waals surface area contributed by atoms with Gasteiger partial charge in [0.1, 0.15) is 28.4 Å². The lowest BCUT2D eigenvalue weighted by Gasteiger charge is -2.32. The fourth-order valence-electron chi connectivity index (χ4n) is 3.06. The van der Waals surface area contributed by atoms with Crippen LogP contribution in [0.1, 0.15) is 43.5 Å². The molecule has 0 aliphatic carbocycles. The van der Waals surface area contributed by atoms with Gasteiger partial charge in [0.15, 0.2) is 12.4 Å². The number of amides is 1. The molecule has 2 N–H and O–H groups in total. The van der Waals surface area contributed by atoms with Crippen molar-refractivity contribution in [1.82, 2.24) is 5.32 Å². The van der Waals surface area contributed by atoms with E-state index in [9.17, 15) is 14.7 Å². The number of phenolic OH excluding ortho intramolecular Hbond substituents is 1. The van der Waals surface area contributed by atoms with E-state index in [0.29, 0.717) is 6.54 Å². The predicted molar refractivity (Wildman–Crippen MR) is 89.2 cm³/mol. The Kier molecular flexibility index (Phi) is 4.85. The molecular weight excluding hydrogens is 326 g/mol. The van der Waals surface area contributed by atoms with Crippen molar-refractivity contribution >= 4 is 11.7 Å². The fourth-order valence-corrected chi connectivity index (χ4v) is 3.06. The van der Waals surface area contributed by atoms with Gasteiger partial charge in [-0.05, 0) is 26.7 Å². The second kappa shape index (κ2) is 6.92. The average molecular weight is 349 g/mol. The number of carbonyl (C=O) groups excluding carboxylic acids is 2. The first-order chi connectivity index (χ1) is 11.8. The molecule has 1 aromatic rings. The number of hydrogen-bond donors (Lipinski definition) is 2. The number of hydrogen-bond acceptors (Lipinski definition) is 6. The van der Waals surface area contributed by atoms with E-state index in [-0.39, 0.29) is 53.6 Å². The first kappa shape index (κ1) is 17.5. The molecule has 2 aliphatic rings. The van der Waals surface area contributed by atoms with Crippen molar-refractivity contribution in [3.05, 3.63) is 17.7 Å². The van der Waals surface area contributed by atoms with Crippen LogP contribution in [0.3, 0.4) is 0 Å². The number of rotatable bonds is 5. The Balaban J connectivity index is 1.60. The maximum atomic E-state index is 12.2. The Labute approximate surface area is 146 Å². The summed E-state index contributed by atoms with van der Waals surface area (Å²) in [6.07, 6.45) is 2.22. The molecule has 25 heavy (non-hydrogen) atoms. The Morgan fingerprint density at radius 2 is 2.24 bits per heavy atom. The third-order valence-electron chi connectivity index (χ3n) is 4.23. The maximum Gasteiger partial charge on any atom is 0.258 e. The van der Waals surface area contributed by atoms with E-state index >= 15 is 0 Å². The molecule has 136 valence electrons. The van der Waals surface area contributed by atoms with Gasteiger partial charge in [-0.1, -0.05) is 0 Å². The highest BCUT2D eigenvalue weighted by Gasteiger charge is 2.35. The summed E-state index contributed by atoms with van der Waals surface area (Å²) in [6, 6.07) is 2.85. The van der Waals surface area contributed by atoms with Crippen LogP contribution in [0.15, 0.2) is 12.1 Å². The van der Waals surface area contributed by atoms with Gasteiger partial charge in [0, 0.05) is 25.3 Å². The van der Waals surface area contributed by atoms with Gasteiger partial charge in [0.05, 0.1) is 12.5 Å². The highest BCUT2D eigenvalue weighted by molar-refractivity contribution is 6.03. The van der Waals surface area contributed by atoms with Crippen molar-refractivity contribution in [1.29, 1.82) is 0 Å². The van der Waals surface area contributed by atoms with Crippen LogP contribution < -0.4 is 14.8 Å². The molecule has 2 heterocycles. The molecule has 1 atom stereocenters. The monoisotopic (exact) mass is 349 g/mol. The van der Waals surface area contributed by atoms with E-state index in [1.165, 1.54) is 12.1 Å². The van der Waals surface area contributed by atoms with E-state index in [2.05, 4.69) is 5.32 Å². The van der Waals surface area contributed by atoms with Crippen LogP contribution in [-0.4, -0.2) is 48.3 Å². The minimum Gasteiger partial charge on any atom is -0.507 e. The van der Waals surface area contributed by atoms with Gasteiger partial charge < -0.3 is 24.6 Å². The van der Waals surface area contributed by atoms with Crippen LogP contribution in [0.5, 0.6) is 17.2 Å². The van der Waals surface area contributed by atoms with Gasteiger partial charge in [-0.2, -0.15) is 0 Å². The number of Topliss-reactive ketones (excluding diaryl/α,β-unsaturated/α-hetero) is 1. The summed E-state index contributed by atoms with van der Waals surface area (Å²) in [5, 5.41) is 12.8. The van der Waals surface area contributed by atoms with E-state index in [1.54, 1.807) is 13.8 Å². The van der Waals surface area contributed by atoms with Crippen LogP contribution in [-0.2, 0) is 9.53 Å². The van der Waals surface area contributed by atoms with Crippen molar-refractivity contribution in [3.8, 4) is 17.2 Å². The SMILES string of the molecule is CC1(C)CC(=O)c2c(O)cc(OCC(=O)NCC3CCCO3)cc2O1. The zero-order valence-corrected chi connectivity index (χ0v) is 14.5. The molecule has 3 rings (SSSR count). The van der Waals surface area contributed by atoms with Crippen LogP contribution >= 0.6 is 0 Å². The minimum atomic E-state index is -0.645. The molecule has 7 nitrogen and oxygen atoms in total. The number of benzene rings is 1. The summed E-state index contributed by atoms with van der Waals surface area (Å²) in [5.41, 5.74) is -0.483. The molecule has 7 heteroatoms. The predicted octanol–water partition coefficient (Wildman–Crippen LogP) is 1.81. The summed E-state index contributed by atoms with van der Waals surface area (Å²) in [4.78, 5) is 24.0. The zero-order chi connectivity index (χ0) is 18.0. The lowest BCUT2D eigenvalue weighted by atomic mass is 9.92. The Bertz CT molecular complexity index is 678. The van der Waals surface area contributed by atoms with Gasteiger partial charge in [0.25, 0.3) is 5.91 Å². The fraction of sp³-hybridized carbons (Fsp3) is 0.556. The molecular formula is C18H23NO6. The molecule has 1 saturated heterocycles. The lowest BCUT2D eigenvalue weighted by Crippen LogP contribution is -2.36. The summed E-state index contributed by atoms with van der Waals surface area (Å²) >= 11 is 0. The number of aromatic hydroxyl groups is 1. The lowest BCUT2D eigenvalue weighted by molar-refractivity contribution is -0.123. The standard InChI is InChI=1S/C18H23NO6/c1-18(2)8-14(21)17-13(20)6-12(7-15(17)25-18)24-10-16(22)19-9-11-4-3-5-23-11/h6-7,11,20H,3-5,8-10H2,1-2H3,(H,19,22). The topological polar surface area (TPSA) is 94.1 Å². The van der Waals surface area contributed by atoms with E-state index < -0.39 is 5.60 Å². The largest absolute Gasteiger partial charge is 0.507 e. The van der Waals surface area contributed by atoms with Gasteiger partial charge >= 0.3 is 0 Å². The number of ether oxygens (including phenoxy) is 3. The highest BCUT2D eigenvalue weighted by Crippen LogP contribution is 2.40. The van der Waals surface area contributed by atoms with Crippen LogP contribution in [0, 0.1) is 0 Å². The van der Waals surface area contributed by atoms with Crippen LogP contribution in [0.2, 0.25) is 0 Å². The van der Waals surface area contributed by atoms with Crippen molar-refractivity contribution in [3.63, 3.8) is 0 Å². The number of phenols is 1. The third-order valence-corrected chi connectivity index (χ3v) is 4.23. The van der Waals surface area contributed by atoms with Crippen LogP contribution in [0.25, 0.3) is 0 Å². The second-order valence-electron chi connectivity index (χ2n) is 7.01. The Morgan fingerprint density at radius 1 is 1.44 bits per heavy atom. The summed E-state index contributed by atoms with van der Waals surface area (Å²) in [5.74, 6) is -0.104. The number of fused-ring (bicyclic) bond motifs is 1. The summed E-state index contributed by atoms with van der Waals surface area (Å²) in [7, 11) is 0. The maximum absolute atomic E-state index is 12.2. The normalized spacial score (nSPS) is 21.4. The Hall–Kier alpha value is -2.28. The highest BCUT2D eigenvalue weighted by atomic mass is 16.5. The van der Waals surface area contributed by atoms with E-state index in [0.717, 1.165) is 19.4 Å². The first-order valence-electron chi connectivity index (χ1n) is 8.44. The minimum absolute atomic E-state index is 0.0679. The number of nitrogens with one attached hydrogen (secondary N) is 1. The van der Waals surface area contributed by atoms with E-state index in [4.69, 9.17) is 14.2 Å². The molecule has 1 aromatic carbocycles. The number of ketones is 1.